The minimum Gasteiger partial charge on any atom is -0.355 e. The van der Waals surface area contributed by atoms with Gasteiger partial charge in [0.05, 0.1) is 11.5 Å². The van der Waals surface area contributed by atoms with Crippen LogP contribution in [-0.4, -0.2) is 74.0 Å². The van der Waals surface area contributed by atoms with E-state index in [0.29, 0.717) is 18.7 Å². The maximum Gasteiger partial charge on any atom is 0.276 e. The zero-order valence-corrected chi connectivity index (χ0v) is 16.5. The van der Waals surface area contributed by atoms with Crippen LogP contribution in [0, 0.1) is 0 Å². The lowest BCUT2D eigenvalue weighted by molar-refractivity contribution is 0.0680. The van der Waals surface area contributed by atoms with E-state index in [1.807, 2.05) is 49.3 Å². The quantitative estimate of drug-likeness (QED) is 0.717. The summed E-state index contributed by atoms with van der Waals surface area (Å²) in [5.41, 5.74) is 1.05. The standard InChI is InChI=1S/C19H25N3O4S/c1-21(2)10-6-11-22(16-9-12-27(24,25)14-16)19(23)17-13-18(26-20-17)15-7-4-3-5-8-15/h3-5,7-8,13,16H,6,9-12,14H2,1-2H3. The molecular formula is C19H25N3O4S. The summed E-state index contributed by atoms with van der Waals surface area (Å²) in [5.74, 6) is 0.390. The van der Waals surface area contributed by atoms with Gasteiger partial charge in [-0.05, 0) is 33.5 Å². The van der Waals surface area contributed by atoms with Crippen molar-refractivity contribution in [2.45, 2.75) is 18.9 Å². The Morgan fingerprint density at radius 3 is 2.59 bits per heavy atom. The molecule has 0 N–H and O–H groups in total. The smallest absolute Gasteiger partial charge is 0.276 e. The number of benzene rings is 1. The molecule has 0 aliphatic carbocycles. The van der Waals surface area contributed by atoms with Crippen LogP contribution in [0.4, 0.5) is 0 Å². The third kappa shape index (κ3) is 4.95. The summed E-state index contributed by atoms with van der Waals surface area (Å²) < 4.78 is 29.1. The number of carbonyl (C=O) groups excluding carboxylic acids is 1. The molecule has 8 heteroatoms. The Balaban J connectivity index is 1.79. The molecule has 0 spiro atoms. The van der Waals surface area contributed by atoms with Crippen molar-refractivity contribution in [1.82, 2.24) is 15.0 Å². The van der Waals surface area contributed by atoms with Crippen LogP contribution in [0.25, 0.3) is 11.3 Å². The van der Waals surface area contributed by atoms with Crippen LogP contribution in [0.3, 0.4) is 0 Å². The third-order valence-electron chi connectivity index (χ3n) is 4.70. The van der Waals surface area contributed by atoms with Crippen molar-refractivity contribution in [1.29, 1.82) is 0 Å². The Kier molecular flexibility index (Phi) is 5.96. The lowest BCUT2D eigenvalue weighted by Crippen LogP contribution is -2.42. The molecule has 1 aromatic carbocycles. The molecule has 27 heavy (non-hydrogen) atoms. The van der Waals surface area contributed by atoms with Crippen LogP contribution >= 0.6 is 0 Å². The molecule has 1 aliphatic rings. The molecule has 0 saturated carbocycles. The van der Waals surface area contributed by atoms with Crippen molar-refractivity contribution in [3.8, 4) is 11.3 Å². The Hall–Kier alpha value is -2.19. The normalized spacial score (nSPS) is 18.7. The second kappa shape index (κ2) is 8.22. The number of amides is 1. The molecule has 1 saturated heterocycles. The zero-order valence-electron chi connectivity index (χ0n) is 15.7. The summed E-state index contributed by atoms with van der Waals surface area (Å²) in [4.78, 5) is 16.8. The van der Waals surface area contributed by atoms with Crippen molar-refractivity contribution in [3.63, 3.8) is 0 Å². The largest absolute Gasteiger partial charge is 0.355 e. The first kappa shape index (κ1) is 19.6. The van der Waals surface area contributed by atoms with Crippen LogP contribution < -0.4 is 0 Å². The second-order valence-electron chi connectivity index (χ2n) is 7.15. The van der Waals surface area contributed by atoms with Crippen LogP contribution in [0.1, 0.15) is 23.3 Å². The van der Waals surface area contributed by atoms with E-state index in [-0.39, 0.29) is 29.1 Å². The highest BCUT2D eigenvalue weighted by atomic mass is 32.2. The molecule has 1 unspecified atom stereocenters. The van der Waals surface area contributed by atoms with E-state index in [2.05, 4.69) is 5.16 Å². The van der Waals surface area contributed by atoms with Crippen LogP contribution in [-0.2, 0) is 9.84 Å². The Morgan fingerprint density at radius 1 is 1.22 bits per heavy atom. The Labute approximate surface area is 159 Å². The van der Waals surface area contributed by atoms with Crippen molar-refractivity contribution in [3.05, 3.63) is 42.1 Å². The number of aromatic nitrogens is 1. The zero-order chi connectivity index (χ0) is 19.4. The van der Waals surface area contributed by atoms with E-state index in [9.17, 15) is 13.2 Å². The summed E-state index contributed by atoms with van der Waals surface area (Å²) in [6.07, 6.45) is 1.23. The number of carbonyl (C=O) groups is 1. The van der Waals surface area contributed by atoms with Gasteiger partial charge in [0.2, 0.25) is 0 Å². The van der Waals surface area contributed by atoms with Gasteiger partial charge in [0.15, 0.2) is 21.3 Å². The van der Waals surface area contributed by atoms with Crippen molar-refractivity contribution in [2.75, 3.05) is 38.7 Å². The Morgan fingerprint density at radius 2 is 1.96 bits per heavy atom. The van der Waals surface area contributed by atoms with Gasteiger partial charge in [0.25, 0.3) is 5.91 Å². The molecule has 146 valence electrons. The number of rotatable bonds is 7. The number of sulfone groups is 1. The fourth-order valence-electron chi connectivity index (χ4n) is 3.29. The molecule has 1 aliphatic heterocycles. The summed E-state index contributed by atoms with van der Waals surface area (Å²) in [7, 11) is 0.853. The Bertz CT molecular complexity index is 877. The number of hydrogen-bond donors (Lipinski definition) is 0. The number of hydrogen-bond acceptors (Lipinski definition) is 6. The molecule has 1 amide bonds. The van der Waals surface area contributed by atoms with E-state index < -0.39 is 9.84 Å². The maximum atomic E-state index is 13.1. The lowest BCUT2D eigenvalue weighted by atomic mass is 10.1. The van der Waals surface area contributed by atoms with E-state index in [0.717, 1.165) is 18.5 Å². The molecule has 0 bridgehead atoms. The molecule has 1 aromatic heterocycles. The van der Waals surface area contributed by atoms with E-state index in [1.165, 1.54) is 0 Å². The van der Waals surface area contributed by atoms with E-state index in [1.54, 1.807) is 11.0 Å². The minimum absolute atomic E-state index is 0.0180. The predicted molar refractivity (Wildman–Crippen MR) is 103 cm³/mol. The third-order valence-corrected chi connectivity index (χ3v) is 6.45. The van der Waals surface area contributed by atoms with E-state index in [4.69, 9.17) is 4.52 Å². The van der Waals surface area contributed by atoms with Gasteiger partial charge >= 0.3 is 0 Å². The second-order valence-corrected chi connectivity index (χ2v) is 9.38. The van der Waals surface area contributed by atoms with Crippen LogP contribution in [0.2, 0.25) is 0 Å². The summed E-state index contributed by atoms with van der Waals surface area (Å²) >= 11 is 0. The minimum atomic E-state index is -3.08. The maximum absolute atomic E-state index is 13.1. The molecule has 2 heterocycles. The SMILES string of the molecule is CN(C)CCCN(C(=O)c1cc(-c2ccccc2)on1)C1CCS(=O)(=O)C1. The molecule has 1 atom stereocenters. The van der Waals surface area contributed by atoms with Gasteiger partial charge in [-0.25, -0.2) is 8.42 Å². The summed E-state index contributed by atoms with van der Waals surface area (Å²) in [6.45, 7) is 1.31. The summed E-state index contributed by atoms with van der Waals surface area (Å²) in [6, 6.07) is 10.8. The van der Waals surface area contributed by atoms with Gasteiger partial charge in [-0.1, -0.05) is 35.5 Å². The molecule has 0 radical (unpaired) electrons. The molecular weight excluding hydrogens is 366 g/mol. The fraction of sp³-hybridized carbons (Fsp3) is 0.474. The van der Waals surface area contributed by atoms with Gasteiger partial charge in [0, 0.05) is 24.2 Å². The van der Waals surface area contributed by atoms with Gasteiger partial charge in [-0.3, -0.25) is 4.79 Å². The topological polar surface area (TPSA) is 83.7 Å². The number of nitrogens with zero attached hydrogens (tertiary/aromatic N) is 3. The molecule has 3 rings (SSSR count). The van der Waals surface area contributed by atoms with Gasteiger partial charge in [0.1, 0.15) is 0 Å². The highest BCUT2D eigenvalue weighted by molar-refractivity contribution is 7.91. The monoisotopic (exact) mass is 391 g/mol. The van der Waals surface area contributed by atoms with Crippen molar-refractivity contribution >= 4 is 15.7 Å². The highest BCUT2D eigenvalue weighted by Gasteiger charge is 2.35. The van der Waals surface area contributed by atoms with Crippen molar-refractivity contribution < 1.29 is 17.7 Å². The van der Waals surface area contributed by atoms with Crippen molar-refractivity contribution in [2.24, 2.45) is 0 Å². The predicted octanol–water partition coefficient (Wildman–Crippen LogP) is 1.92. The highest BCUT2D eigenvalue weighted by Crippen LogP contribution is 2.23. The molecule has 2 aromatic rings. The van der Waals surface area contributed by atoms with Crippen LogP contribution in [0.15, 0.2) is 40.9 Å². The van der Waals surface area contributed by atoms with Gasteiger partial charge in [-0.2, -0.15) is 0 Å². The first-order chi connectivity index (χ1) is 12.9. The van der Waals surface area contributed by atoms with Crippen LogP contribution in [0.5, 0.6) is 0 Å². The van der Waals surface area contributed by atoms with Gasteiger partial charge < -0.3 is 14.3 Å². The molecule has 7 nitrogen and oxygen atoms in total. The summed E-state index contributed by atoms with van der Waals surface area (Å²) in [5, 5.41) is 3.94. The fourth-order valence-corrected chi connectivity index (χ4v) is 5.02. The first-order valence-electron chi connectivity index (χ1n) is 9.04. The average molecular weight is 391 g/mol. The van der Waals surface area contributed by atoms with Gasteiger partial charge in [-0.15, -0.1) is 0 Å². The average Bonchev–Trinajstić information content (AvgIpc) is 3.25. The van der Waals surface area contributed by atoms with E-state index >= 15 is 0 Å². The lowest BCUT2D eigenvalue weighted by Gasteiger charge is -2.28. The first-order valence-corrected chi connectivity index (χ1v) is 10.9. The molecule has 1 fully saturated rings.